The summed E-state index contributed by atoms with van der Waals surface area (Å²) in [6.07, 6.45) is 3.91. The van der Waals surface area contributed by atoms with Gasteiger partial charge in [0.15, 0.2) is 12.6 Å². The lowest BCUT2D eigenvalue weighted by atomic mass is 10.1. The molecule has 180 valence electrons. The zero-order chi connectivity index (χ0) is 22.8. The molecule has 1 aliphatic rings. The third-order valence-electron chi connectivity index (χ3n) is 5.34. The highest BCUT2D eigenvalue weighted by molar-refractivity contribution is 14.0. The van der Waals surface area contributed by atoms with Gasteiger partial charge in [-0.3, -0.25) is 9.79 Å². The van der Waals surface area contributed by atoms with Crippen molar-refractivity contribution in [3.63, 3.8) is 0 Å². The second-order valence-electron chi connectivity index (χ2n) is 8.00. The third-order valence-corrected chi connectivity index (χ3v) is 5.34. The SMILES string of the molecule is CN=C(NCCc1ccc(OCC(=O)NC2CC2)cc1)NCCc1ccc(C)c(OC)c1.I. The fourth-order valence-corrected chi connectivity index (χ4v) is 3.29. The first-order valence-electron chi connectivity index (χ1n) is 11.2. The van der Waals surface area contributed by atoms with Crippen LogP contribution in [0.4, 0.5) is 0 Å². The number of ether oxygens (including phenoxy) is 2. The van der Waals surface area contributed by atoms with Crippen molar-refractivity contribution in [2.24, 2.45) is 4.99 Å². The van der Waals surface area contributed by atoms with Crippen LogP contribution < -0.4 is 25.4 Å². The minimum absolute atomic E-state index is 0. The summed E-state index contributed by atoms with van der Waals surface area (Å²) in [4.78, 5) is 16.0. The Morgan fingerprint density at radius 2 is 1.67 bits per heavy atom. The normalized spacial score (nSPS) is 13.0. The number of methoxy groups -OCH3 is 1. The summed E-state index contributed by atoms with van der Waals surface area (Å²) < 4.78 is 10.9. The van der Waals surface area contributed by atoms with Crippen molar-refractivity contribution in [1.82, 2.24) is 16.0 Å². The van der Waals surface area contributed by atoms with E-state index < -0.39 is 0 Å². The molecule has 0 bridgehead atoms. The average Bonchev–Trinajstić information content (AvgIpc) is 3.62. The van der Waals surface area contributed by atoms with E-state index in [-0.39, 0.29) is 36.5 Å². The van der Waals surface area contributed by atoms with Crippen molar-refractivity contribution in [1.29, 1.82) is 0 Å². The number of carbonyl (C=O) groups excluding carboxylic acids is 1. The van der Waals surface area contributed by atoms with Crippen molar-refractivity contribution in [2.75, 3.05) is 33.9 Å². The van der Waals surface area contributed by atoms with Gasteiger partial charge < -0.3 is 25.4 Å². The van der Waals surface area contributed by atoms with Gasteiger partial charge in [-0.15, -0.1) is 24.0 Å². The lowest BCUT2D eigenvalue weighted by molar-refractivity contribution is -0.123. The fourth-order valence-electron chi connectivity index (χ4n) is 3.29. The molecule has 2 aromatic rings. The van der Waals surface area contributed by atoms with E-state index in [1.54, 1.807) is 14.2 Å². The van der Waals surface area contributed by atoms with Crippen LogP contribution in [-0.2, 0) is 17.6 Å². The van der Waals surface area contributed by atoms with Crippen molar-refractivity contribution in [3.8, 4) is 11.5 Å². The minimum atomic E-state index is -0.0545. The maximum atomic E-state index is 11.7. The van der Waals surface area contributed by atoms with Gasteiger partial charge in [0.05, 0.1) is 7.11 Å². The zero-order valence-electron chi connectivity index (χ0n) is 19.6. The molecule has 0 aliphatic heterocycles. The van der Waals surface area contributed by atoms with Crippen LogP contribution in [0.5, 0.6) is 11.5 Å². The Morgan fingerprint density at radius 3 is 2.27 bits per heavy atom. The van der Waals surface area contributed by atoms with Crippen LogP contribution in [0.25, 0.3) is 0 Å². The number of aryl methyl sites for hydroxylation is 1. The van der Waals surface area contributed by atoms with E-state index in [0.29, 0.717) is 11.8 Å². The quantitative estimate of drug-likeness (QED) is 0.221. The largest absolute Gasteiger partial charge is 0.496 e. The number of halogens is 1. The zero-order valence-corrected chi connectivity index (χ0v) is 22.0. The van der Waals surface area contributed by atoms with Crippen molar-refractivity contribution in [3.05, 3.63) is 59.2 Å². The molecule has 1 aliphatic carbocycles. The molecule has 1 amide bonds. The van der Waals surface area contributed by atoms with Crippen LogP contribution in [0.15, 0.2) is 47.5 Å². The highest BCUT2D eigenvalue weighted by Crippen LogP contribution is 2.19. The summed E-state index contributed by atoms with van der Waals surface area (Å²) in [7, 11) is 3.47. The lowest BCUT2D eigenvalue weighted by Gasteiger charge is -2.13. The van der Waals surface area contributed by atoms with E-state index in [1.807, 2.05) is 31.2 Å². The Hall–Kier alpha value is -2.49. The Morgan fingerprint density at radius 1 is 1.03 bits per heavy atom. The van der Waals surface area contributed by atoms with E-state index in [4.69, 9.17) is 9.47 Å². The molecule has 3 N–H and O–H groups in total. The smallest absolute Gasteiger partial charge is 0.258 e. The molecule has 0 radical (unpaired) electrons. The Bertz CT molecular complexity index is 914. The molecule has 8 heteroatoms. The molecule has 0 unspecified atom stereocenters. The monoisotopic (exact) mass is 566 g/mol. The molecule has 3 rings (SSSR count). The molecule has 0 heterocycles. The fraction of sp³-hybridized carbons (Fsp3) is 0.440. The van der Waals surface area contributed by atoms with Crippen molar-refractivity contribution < 1.29 is 14.3 Å². The highest BCUT2D eigenvalue weighted by Gasteiger charge is 2.23. The topological polar surface area (TPSA) is 84.0 Å². The third kappa shape index (κ3) is 9.49. The number of guanidine groups is 1. The standard InChI is InChI=1S/C25H34N4O3.HI/c1-18-4-5-20(16-23(18)31-3)13-15-28-25(26-2)27-14-12-19-6-10-22(11-7-19)32-17-24(30)29-21-8-9-21;/h4-7,10-11,16,21H,8-9,12-15,17H2,1-3H3,(H,29,30)(H2,26,27,28);1H. The summed E-state index contributed by atoms with van der Waals surface area (Å²) in [6, 6.07) is 14.5. The number of benzene rings is 2. The Kier molecular flexibility index (Phi) is 11.3. The first-order valence-corrected chi connectivity index (χ1v) is 11.2. The molecule has 0 saturated heterocycles. The molecule has 0 spiro atoms. The summed E-state index contributed by atoms with van der Waals surface area (Å²) in [5.41, 5.74) is 3.55. The van der Waals surface area contributed by atoms with Crippen LogP contribution in [-0.4, -0.2) is 51.8 Å². The van der Waals surface area contributed by atoms with Crippen LogP contribution in [0.2, 0.25) is 0 Å². The van der Waals surface area contributed by atoms with Gasteiger partial charge in [-0.2, -0.15) is 0 Å². The van der Waals surface area contributed by atoms with E-state index in [1.165, 1.54) is 11.1 Å². The molecule has 1 saturated carbocycles. The number of aliphatic imine (C=N–C) groups is 1. The number of carbonyl (C=O) groups is 1. The van der Waals surface area contributed by atoms with Gasteiger partial charge in [-0.1, -0.05) is 24.3 Å². The molecular formula is C25H35IN4O3. The summed E-state index contributed by atoms with van der Waals surface area (Å²) in [6.45, 7) is 3.66. The van der Waals surface area contributed by atoms with Gasteiger partial charge >= 0.3 is 0 Å². The maximum absolute atomic E-state index is 11.7. The predicted molar refractivity (Wildman–Crippen MR) is 143 cm³/mol. The van der Waals surface area contributed by atoms with Gasteiger partial charge in [-0.25, -0.2) is 0 Å². The molecule has 7 nitrogen and oxygen atoms in total. The highest BCUT2D eigenvalue weighted by atomic mass is 127. The summed E-state index contributed by atoms with van der Waals surface area (Å²) >= 11 is 0. The number of hydrogen-bond donors (Lipinski definition) is 3. The Balaban J connectivity index is 0.00000385. The van der Waals surface area contributed by atoms with Crippen LogP contribution in [0.1, 0.15) is 29.5 Å². The van der Waals surface area contributed by atoms with E-state index >= 15 is 0 Å². The van der Waals surface area contributed by atoms with Crippen LogP contribution in [0.3, 0.4) is 0 Å². The first-order chi connectivity index (χ1) is 15.6. The number of nitrogens with one attached hydrogen (secondary N) is 3. The number of amides is 1. The van der Waals surface area contributed by atoms with E-state index in [9.17, 15) is 4.79 Å². The minimum Gasteiger partial charge on any atom is -0.496 e. The van der Waals surface area contributed by atoms with Gasteiger partial charge in [0.2, 0.25) is 0 Å². The van der Waals surface area contributed by atoms with Crippen LogP contribution in [0, 0.1) is 6.92 Å². The van der Waals surface area contributed by atoms with Crippen LogP contribution >= 0.6 is 24.0 Å². The van der Waals surface area contributed by atoms with Gasteiger partial charge in [-0.05, 0) is 67.5 Å². The summed E-state index contributed by atoms with van der Waals surface area (Å²) in [5, 5.41) is 9.61. The second-order valence-corrected chi connectivity index (χ2v) is 8.00. The van der Waals surface area contributed by atoms with Gasteiger partial charge in [0.1, 0.15) is 11.5 Å². The molecular weight excluding hydrogens is 531 g/mol. The van der Waals surface area contributed by atoms with E-state index in [2.05, 4.69) is 39.1 Å². The molecule has 1 fully saturated rings. The molecule has 0 atom stereocenters. The number of hydrogen-bond acceptors (Lipinski definition) is 4. The van der Waals surface area contributed by atoms with Gasteiger partial charge in [0.25, 0.3) is 5.91 Å². The molecule has 2 aromatic carbocycles. The van der Waals surface area contributed by atoms with Crippen molar-refractivity contribution in [2.45, 2.75) is 38.6 Å². The second kappa shape index (κ2) is 13.9. The Labute approximate surface area is 213 Å². The molecule has 33 heavy (non-hydrogen) atoms. The van der Waals surface area contributed by atoms with E-state index in [0.717, 1.165) is 56.0 Å². The number of rotatable bonds is 11. The average molecular weight is 566 g/mol. The lowest BCUT2D eigenvalue weighted by Crippen LogP contribution is -2.39. The first kappa shape index (κ1) is 26.8. The summed E-state index contributed by atoms with van der Waals surface area (Å²) in [5.74, 6) is 2.35. The number of nitrogens with zero attached hydrogens (tertiary/aromatic N) is 1. The maximum Gasteiger partial charge on any atom is 0.258 e. The predicted octanol–water partition coefficient (Wildman–Crippen LogP) is 3.23. The molecule has 0 aromatic heterocycles. The van der Waals surface area contributed by atoms with Crippen molar-refractivity contribution >= 4 is 35.8 Å². The van der Waals surface area contributed by atoms with Gasteiger partial charge in [0, 0.05) is 26.2 Å².